The fourth-order valence-electron chi connectivity index (χ4n) is 2.55. The molecule has 0 spiro atoms. The quantitative estimate of drug-likeness (QED) is 0.807. The van der Waals surface area contributed by atoms with Crippen molar-refractivity contribution < 1.29 is 4.79 Å². The van der Waals surface area contributed by atoms with Crippen LogP contribution in [0, 0.1) is 0 Å². The number of amides is 1. The van der Waals surface area contributed by atoms with Gasteiger partial charge in [-0.3, -0.25) is 4.79 Å². The van der Waals surface area contributed by atoms with Gasteiger partial charge in [0.25, 0.3) is 5.91 Å². The maximum absolute atomic E-state index is 12.7. The number of hydrogen-bond acceptors (Lipinski definition) is 3. The standard InChI is InChI=1S/C16H18N2OS/c1-11-12(2)20-10-9-18(11)16(19)15-8-7-13-5-3-4-6-14(13)17-15/h3-8,11-12H,9-10H2,1-2H3/t11-,12+/m0/s1. The lowest BCUT2D eigenvalue weighted by Gasteiger charge is -2.37. The molecule has 2 aromatic rings. The average molecular weight is 286 g/mol. The smallest absolute Gasteiger partial charge is 0.272 e. The van der Waals surface area contributed by atoms with E-state index in [1.807, 2.05) is 53.1 Å². The zero-order chi connectivity index (χ0) is 14.1. The van der Waals surface area contributed by atoms with Crippen molar-refractivity contribution in [2.45, 2.75) is 25.1 Å². The van der Waals surface area contributed by atoms with Gasteiger partial charge in [-0.2, -0.15) is 11.8 Å². The van der Waals surface area contributed by atoms with Gasteiger partial charge in [-0.15, -0.1) is 0 Å². The molecule has 2 heterocycles. The Morgan fingerprint density at radius 1 is 1.25 bits per heavy atom. The fraction of sp³-hybridized carbons (Fsp3) is 0.375. The van der Waals surface area contributed by atoms with E-state index >= 15 is 0 Å². The normalized spacial score (nSPS) is 23.0. The molecule has 4 heteroatoms. The number of carbonyl (C=O) groups excluding carboxylic acids is 1. The minimum Gasteiger partial charge on any atom is -0.333 e. The van der Waals surface area contributed by atoms with Crippen molar-refractivity contribution in [3.8, 4) is 0 Å². The third kappa shape index (κ3) is 2.40. The molecule has 3 nitrogen and oxygen atoms in total. The first-order valence-corrected chi connectivity index (χ1v) is 8.00. The lowest BCUT2D eigenvalue weighted by Crippen LogP contribution is -2.48. The molecule has 0 bridgehead atoms. The Labute approximate surface area is 123 Å². The predicted molar refractivity (Wildman–Crippen MR) is 84.2 cm³/mol. The van der Waals surface area contributed by atoms with Crippen LogP contribution in [0.15, 0.2) is 36.4 Å². The summed E-state index contributed by atoms with van der Waals surface area (Å²) in [6, 6.07) is 12.0. The molecule has 1 saturated heterocycles. The predicted octanol–water partition coefficient (Wildman–Crippen LogP) is 3.20. The molecule has 3 rings (SSSR count). The molecule has 20 heavy (non-hydrogen) atoms. The first-order chi connectivity index (χ1) is 9.66. The van der Waals surface area contributed by atoms with Gasteiger partial charge in [0.1, 0.15) is 5.69 Å². The number of nitrogens with zero attached hydrogens (tertiary/aromatic N) is 2. The van der Waals surface area contributed by atoms with Gasteiger partial charge < -0.3 is 4.90 Å². The number of benzene rings is 1. The van der Waals surface area contributed by atoms with E-state index in [2.05, 4.69) is 18.8 Å². The van der Waals surface area contributed by atoms with Crippen LogP contribution in [0.3, 0.4) is 0 Å². The highest BCUT2D eigenvalue weighted by Crippen LogP contribution is 2.25. The highest BCUT2D eigenvalue weighted by molar-refractivity contribution is 8.00. The largest absolute Gasteiger partial charge is 0.333 e. The molecule has 1 aromatic carbocycles. The monoisotopic (exact) mass is 286 g/mol. The summed E-state index contributed by atoms with van der Waals surface area (Å²) in [6.45, 7) is 5.11. The summed E-state index contributed by atoms with van der Waals surface area (Å²) < 4.78 is 0. The van der Waals surface area contributed by atoms with E-state index in [-0.39, 0.29) is 11.9 Å². The van der Waals surface area contributed by atoms with Crippen LogP contribution in [0.1, 0.15) is 24.3 Å². The van der Waals surface area contributed by atoms with Gasteiger partial charge in [0.2, 0.25) is 0 Å². The molecule has 1 fully saturated rings. The van der Waals surface area contributed by atoms with Crippen LogP contribution in [0.2, 0.25) is 0 Å². The molecule has 0 aliphatic carbocycles. The van der Waals surface area contributed by atoms with E-state index in [0.717, 1.165) is 23.2 Å². The summed E-state index contributed by atoms with van der Waals surface area (Å²) in [5, 5.41) is 1.55. The topological polar surface area (TPSA) is 33.2 Å². The van der Waals surface area contributed by atoms with Crippen molar-refractivity contribution in [2.75, 3.05) is 12.3 Å². The zero-order valence-electron chi connectivity index (χ0n) is 11.7. The zero-order valence-corrected chi connectivity index (χ0v) is 12.6. The Bertz CT molecular complexity index is 643. The molecule has 1 aliphatic heterocycles. The van der Waals surface area contributed by atoms with E-state index < -0.39 is 0 Å². The Kier molecular flexibility index (Phi) is 3.66. The van der Waals surface area contributed by atoms with Crippen LogP contribution < -0.4 is 0 Å². The second kappa shape index (κ2) is 5.44. The molecule has 1 aromatic heterocycles. The molecule has 0 unspecified atom stereocenters. The van der Waals surface area contributed by atoms with E-state index in [1.165, 1.54) is 0 Å². The van der Waals surface area contributed by atoms with Gasteiger partial charge in [0.15, 0.2) is 0 Å². The summed E-state index contributed by atoms with van der Waals surface area (Å²) in [5.41, 5.74) is 1.43. The van der Waals surface area contributed by atoms with Crippen molar-refractivity contribution in [3.63, 3.8) is 0 Å². The van der Waals surface area contributed by atoms with Gasteiger partial charge in [0, 0.05) is 29.0 Å². The number of fused-ring (bicyclic) bond motifs is 1. The van der Waals surface area contributed by atoms with Gasteiger partial charge in [0.05, 0.1) is 5.52 Å². The lowest BCUT2D eigenvalue weighted by atomic mass is 10.1. The molecule has 0 N–H and O–H groups in total. The van der Waals surface area contributed by atoms with Crippen molar-refractivity contribution in [1.82, 2.24) is 9.88 Å². The van der Waals surface area contributed by atoms with Crippen LogP contribution in [0.5, 0.6) is 0 Å². The summed E-state index contributed by atoms with van der Waals surface area (Å²) in [6.07, 6.45) is 0. The summed E-state index contributed by atoms with van der Waals surface area (Å²) in [4.78, 5) is 19.1. The van der Waals surface area contributed by atoms with Crippen molar-refractivity contribution in [1.29, 1.82) is 0 Å². The molecule has 0 radical (unpaired) electrons. The second-order valence-corrected chi connectivity index (χ2v) is 6.69. The van der Waals surface area contributed by atoms with E-state index in [9.17, 15) is 4.79 Å². The number of rotatable bonds is 1. The Hall–Kier alpha value is -1.55. The number of hydrogen-bond donors (Lipinski definition) is 0. The van der Waals surface area contributed by atoms with Crippen LogP contribution in [0.4, 0.5) is 0 Å². The van der Waals surface area contributed by atoms with E-state index in [4.69, 9.17) is 0 Å². The SMILES string of the molecule is C[C@H]1SCCN(C(=O)c2ccc3ccccc3n2)[C@H]1C. The number of thioether (sulfide) groups is 1. The molecular weight excluding hydrogens is 268 g/mol. The van der Waals surface area contributed by atoms with Gasteiger partial charge in [-0.1, -0.05) is 31.2 Å². The number of para-hydroxylation sites is 1. The summed E-state index contributed by atoms with van der Waals surface area (Å²) >= 11 is 1.93. The average Bonchev–Trinajstić information content (AvgIpc) is 2.49. The Morgan fingerprint density at radius 3 is 2.90 bits per heavy atom. The molecule has 1 aliphatic rings. The first-order valence-electron chi connectivity index (χ1n) is 6.95. The minimum atomic E-state index is 0.0513. The van der Waals surface area contributed by atoms with E-state index in [1.54, 1.807) is 0 Å². The van der Waals surface area contributed by atoms with E-state index in [0.29, 0.717) is 10.9 Å². The van der Waals surface area contributed by atoms with Crippen LogP contribution >= 0.6 is 11.8 Å². The van der Waals surface area contributed by atoms with Crippen LogP contribution in [0.25, 0.3) is 10.9 Å². The van der Waals surface area contributed by atoms with Crippen molar-refractivity contribution >= 4 is 28.6 Å². The lowest BCUT2D eigenvalue weighted by molar-refractivity contribution is 0.0692. The maximum Gasteiger partial charge on any atom is 0.272 e. The molecule has 0 saturated carbocycles. The van der Waals surface area contributed by atoms with Gasteiger partial charge in [-0.25, -0.2) is 4.98 Å². The third-order valence-corrected chi connectivity index (χ3v) is 5.30. The fourth-order valence-corrected chi connectivity index (χ4v) is 3.65. The number of aromatic nitrogens is 1. The molecule has 2 atom stereocenters. The molecular formula is C16H18N2OS. The van der Waals surface area contributed by atoms with Crippen LogP contribution in [-0.2, 0) is 0 Å². The highest BCUT2D eigenvalue weighted by atomic mass is 32.2. The van der Waals surface area contributed by atoms with Gasteiger partial charge >= 0.3 is 0 Å². The maximum atomic E-state index is 12.7. The Balaban J connectivity index is 1.91. The first kappa shape index (κ1) is 13.4. The third-order valence-electron chi connectivity index (χ3n) is 3.96. The second-order valence-electron chi connectivity index (χ2n) is 5.20. The number of carbonyl (C=O) groups is 1. The Morgan fingerprint density at radius 2 is 2.05 bits per heavy atom. The summed E-state index contributed by atoms with van der Waals surface area (Å²) in [7, 11) is 0. The van der Waals surface area contributed by atoms with Crippen molar-refractivity contribution in [2.24, 2.45) is 0 Å². The molecule has 1 amide bonds. The molecule has 104 valence electrons. The summed E-state index contributed by atoms with van der Waals surface area (Å²) in [5.74, 6) is 1.06. The highest BCUT2D eigenvalue weighted by Gasteiger charge is 2.30. The van der Waals surface area contributed by atoms with Gasteiger partial charge in [-0.05, 0) is 19.1 Å². The minimum absolute atomic E-state index is 0.0513. The van der Waals surface area contributed by atoms with Crippen molar-refractivity contribution in [3.05, 3.63) is 42.1 Å². The number of pyridine rings is 1. The van der Waals surface area contributed by atoms with Crippen LogP contribution in [-0.4, -0.2) is 39.4 Å².